The van der Waals surface area contributed by atoms with E-state index in [1.54, 1.807) is 0 Å². The summed E-state index contributed by atoms with van der Waals surface area (Å²) in [4.78, 5) is 29.4. The minimum atomic E-state index is -1.08. The highest BCUT2D eigenvalue weighted by Gasteiger charge is 2.09. The average Bonchev–Trinajstić information content (AvgIpc) is 2.27. The van der Waals surface area contributed by atoms with E-state index in [9.17, 15) is 14.4 Å². The van der Waals surface area contributed by atoms with E-state index in [4.69, 9.17) is 26.8 Å². The Kier molecular flexibility index (Phi) is 17.0. The fraction of sp³-hybridized carbons (Fsp3) is 0.700. The van der Waals surface area contributed by atoms with E-state index in [0.29, 0.717) is 13.0 Å². The predicted octanol–water partition coefficient (Wildman–Crippen LogP) is -1.36. The molecule has 0 bridgehead atoms. The fourth-order valence-electron chi connectivity index (χ4n) is 0.846. The van der Waals surface area contributed by atoms with Gasteiger partial charge in [0.05, 0.1) is 12.8 Å². The molecule has 0 aliphatic carbocycles. The van der Waals surface area contributed by atoms with Gasteiger partial charge >= 0.3 is 17.9 Å². The third kappa shape index (κ3) is 22.0. The van der Waals surface area contributed by atoms with Crippen LogP contribution in [-0.4, -0.2) is 51.3 Å². The molecule has 0 aliphatic heterocycles. The van der Waals surface area contributed by atoms with Gasteiger partial charge in [-0.1, -0.05) is 6.42 Å². The molecule has 0 saturated carbocycles. The second-order valence-electron chi connectivity index (χ2n) is 3.52. The Balaban J connectivity index is -0.000000262. The summed E-state index contributed by atoms with van der Waals surface area (Å²) in [6.45, 7) is 0.604. The summed E-state index contributed by atoms with van der Waals surface area (Å²) in [5.41, 5.74) is 10.4. The van der Waals surface area contributed by atoms with E-state index in [0.717, 1.165) is 12.8 Å². The Hall–Kier alpha value is -1.71. The summed E-state index contributed by atoms with van der Waals surface area (Å²) >= 11 is 0. The topological polar surface area (TPSA) is 195 Å². The molecule has 0 fully saturated rings. The Morgan fingerprint density at radius 2 is 1.37 bits per heavy atom. The van der Waals surface area contributed by atoms with Crippen LogP contribution < -0.4 is 11.5 Å². The van der Waals surface area contributed by atoms with Crippen molar-refractivity contribution in [1.82, 2.24) is 0 Å². The maximum Gasteiger partial charge on any atom is 0.320 e. The van der Waals surface area contributed by atoms with Crippen molar-refractivity contribution >= 4 is 17.9 Å². The highest BCUT2D eigenvalue weighted by molar-refractivity contribution is 5.75. The Bertz CT molecular complexity index is 257. The lowest BCUT2D eigenvalue weighted by molar-refractivity contribution is -0.143. The monoisotopic (exact) mass is 282 g/mol. The fourth-order valence-corrected chi connectivity index (χ4v) is 0.846. The van der Waals surface area contributed by atoms with Gasteiger partial charge in [0.25, 0.3) is 0 Å². The number of carbonyl (C=O) groups is 3. The van der Waals surface area contributed by atoms with Crippen LogP contribution in [0.2, 0.25) is 0 Å². The molecule has 19 heavy (non-hydrogen) atoms. The Morgan fingerprint density at radius 3 is 1.63 bits per heavy atom. The van der Waals surface area contributed by atoms with Crippen LogP contribution in [0.3, 0.4) is 0 Å². The number of unbranched alkanes of at least 4 members (excludes halogenated alkanes) is 1. The number of carboxylic acid groups (broad SMARTS) is 3. The maximum absolute atomic E-state index is 10.1. The maximum atomic E-state index is 10.1. The summed E-state index contributed by atoms with van der Waals surface area (Å²) in [6.07, 6.45) is 1.57. The second-order valence-corrected chi connectivity index (χ2v) is 3.52. The number of aliphatic carboxylic acids is 3. The largest absolute Gasteiger partial charge is 0.481 e. The normalized spacial score (nSPS) is 10.4. The van der Waals surface area contributed by atoms with Crippen LogP contribution in [0.4, 0.5) is 0 Å². The van der Waals surface area contributed by atoms with Crippen molar-refractivity contribution in [3.63, 3.8) is 0 Å². The van der Waals surface area contributed by atoms with Crippen molar-refractivity contribution in [3.05, 3.63) is 0 Å². The molecule has 0 heterocycles. The third-order valence-electron chi connectivity index (χ3n) is 1.84. The zero-order valence-corrected chi connectivity index (χ0v) is 10.5. The first-order valence-electron chi connectivity index (χ1n) is 5.43. The molecule has 0 saturated heterocycles. The molecule has 0 spiro atoms. The van der Waals surface area contributed by atoms with Gasteiger partial charge in [0, 0.05) is 0 Å². The second kappa shape index (κ2) is 14.4. The first kappa shape index (κ1) is 22.5. The summed E-state index contributed by atoms with van der Waals surface area (Å²) in [5, 5.41) is 24.1. The van der Waals surface area contributed by atoms with Crippen LogP contribution in [0.1, 0.15) is 32.1 Å². The quantitative estimate of drug-likeness (QED) is 0.336. The van der Waals surface area contributed by atoms with Gasteiger partial charge in [0.1, 0.15) is 6.04 Å². The van der Waals surface area contributed by atoms with Crippen molar-refractivity contribution in [2.45, 2.75) is 38.1 Å². The molecule has 0 radical (unpaired) electrons. The van der Waals surface area contributed by atoms with Crippen molar-refractivity contribution in [3.8, 4) is 0 Å². The van der Waals surface area contributed by atoms with E-state index in [-0.39, 0.29) is 18.3 Å². The van der Waals surface area contributed by atoms with E-state index in [1.165, 1.54) is 0 Å². The van der Waals surface area contributed by atoms with Crippen molar-refractivity contribution in [2.75, 3.05) is 6.54 Å². The molecule has 9 nitrogen and oxygen atoms in total. The molecule has 1 unspecified atom stereocenters. The minimum Gasteiger partial charge on any atom is -0.481 e. The van der Waals surface area contributed by atoms with Crippen LogP contribution in [0.25, 0.3) is 0 Å². The van der Waals surface area contributed by atoms with Crippen LogP contribution in [0.5, 0.6) is 0 Å². The zero-order chi connectivity index (χ0) is 14.6. The lowest BCUT2D eigenvalue weighted by atomic mass is 10.1. The number of nitrogens with two attached hydrogens (primary N) is 2. The van der Waals surface area contributed by atoms with Gasteiger partial charge in [-0.3, -0.25) is 14.4 Å². The molecule has 0 rings (SSSR count). The Labute approximate surface area is 110 Å². The van der Waals surface area contributed by atoms with Gasteiger partial charge in [-0.15, -0.1) is 0 Å². The molecule has 0 aromatic rings. The molecular formula is C10H22N2O7. The third-order valence-corrected chi connectivity index (χ3v) is 1.84. The van der Waals surface area contributed by atoms with Crippen molar-refractivity contribution in [1.29, 1.82) is 0 Å². The Morgan fingerprint density at radius 1 is 0.947 bits per heavy atom. The molecule has 0 amide bonds. The summed E-state index contributed by atoms with van der Waals surface area (Å²) in [7, 11) is 0. The van der Waals surface area contributed by atoms with Gasteiger partial charge < -0.3 is 32.3 Å². The number of hydrogen-bond acceptors (Lipinski definition) is 5. The van der Waals surface area contributed by atoms with Crippen molar-refractivity contribution in [2.24, 2.45) is 11.5 Å². The first-order valence-corrected chi connectivity index (χ1v) is 5.43. The average molecular weight is 282 g/mol. The molecule has 114 valence electrons. The zero-order valence-electron chi connectivity index (χ0n) is 10.5. The first-order chi connectivity index (χ1) is 8.31. The number of hydrogen-bond donors (Lipinski definition) is 5. The lowest BCUT2D eigenvalue weighted by Crippen LogP contribution is -2.29. The molecule has 0 aromatic carbocycles. The SMILES string of the molecule is NCCCCC(N)C(=O)O.O.O=C(O)CCC(=O)O. The summed E-state index contributed by atoms with van der Waals surface area (Å²) in [5.74, 6) is -3.09. The van der Waals surface area contributed by atoms with Crippen LogP contribution >= 0.6 is 0 Å². The smallest absolute Gasteiger partial charge is 0.320 e. The predicted molar refractivity (Wildman–Crippen MR) is 66.6 cm³/mol. The van der Waals surface area contributed by atoms with E-state index >= 15 is 0 Å². The minimum absolute atomic E-state index is 0. The van der Waals surface area contributed by atoms with Gasteiger partial charge in [0.2, 0.25) is 0 Å². The molecule has 0 aromatic heterocycles. The standard InChI is InChI=1S/C6H14N2O2.C4H6O4.H2O/c7-4-2-1-3-5(8)6(9)10;5-3(6)1-2-4(7)8;/h5H,1-4,7-8H2,(H,9,10);1-2H2,(H,5,6)(H,7,8);1H2. The number of carboxylic acids is 3. The van der Waals surface area contributed by atoms with Gasteiger partial charge in [-0.25, -0.2) is 0 Å². The number of rotatable bonds is 8. The van der Waals surface area contributed by atoms with E-state index < -0.39 is 23.9 Å². The summed E-state index contributed by atoms with van der Waals surface area (Å²) in [6, 6.07) is -0.716. The van der Waals surface area contributed by atoms with E-state index in [2.05, 4.69) is 0 Å². The summed E-state index contributed by atoms with van der Waals surface area (Å²) < 4.78 is 0. The molecule has 9 N–H and O–H groups in total. The molecule has 9 heteroatoms. The van der Waals surface area contributed by atoms with E-state index in [1.807, 2.05) is 0 Å². The lowest BCUT2D eigenvalue weighted by Gasteiger charge is -2.03. The highest BCUT2D eigenvalue weighted by atomic mass is 16.4. The molecular weight excluding hydrogens is 260 g/mol. The van der Waals surface area contributed by atoms with Crippen LogP contribution in [-0.2, 0) is 14.4 Å². The van der Waals surface area contributed by atoms with Gasteiger partial charge in [-0.2, -0.15) is 0 Å². The molecule has 0 aliphatic rings. The van der Waals surface area contributed by atoms with Gasteiger partial charge in [0.15, 0.2) is 0 Å². The molecule has 1 atom stereocenters. The van der Waals surface area contributed by atoms with Crippen LogP contribution in [0.15, 0.2) is 0 Å². The van der Waals surface area contributed by atoms with Crippen molar-refractivity contribution < 1.29 is 35.2 Å². The highest BCUT2D eigenvalue weighted by Crippen LogP contribution is 1.96. The van der Waals surface area contributed by atoms with Gasteiger partial charge in [-0.05, 0) is 19.4 Å². The van der Waals surface area contributed by atoms with Crippen LogP contribution in [0, 0.1) is 0 Å².